The number of rotatable bonds is 10. The van der Waals surface area contributed by atoms with Crippen LogP contribution in [0.25, 0.3) is 0 Å². The largest absolute Gasteiger partial charge is 0.357 e. The van der Waals surface area contributed by atoms with Gasteiger partial charge in [0.05, 0.1) is 0 Å². The summed E-state index contributed by atoms with van der Waals surface area (Å²) in [6, 6.07) is 10.5. The standard InChI is InChI=1S/C21H31N5.HI/c1-4-6-10-15-25(3)21(22-5-2)24-18-20-23-14-17-26(20)16-13-19-11-8-7-9-12-19;/h4,7-9,11-12,14,17H,1,5-6,10,13,15-16,18H2,2-3H3,(H,22,24);1H. The number of nitrogens with one attached hydrogen (secondary N) is 1. The molecule has 0 unspecified atom stereocenters. The smallest absolute Gasteiger partial charge is 0.194 e. The number of allylic oxidation sites excluding steroid dienone is 1. The second-order valence-electron chi connectivity index (χ2n) is 6.30. The highest BCUT2D eigenvalue weighted by atomic mass is 127. The molecular weight excluding hydrogens is 449 g/mol. The summed E-state index contributed by atoms with van der Waals surface area (Å²) in [5.74, 6) is 1.92. The summed E-state index contributed by atoms with van der Waals surface area (Å²) in [7, 11) is 2.08. The van der Waals surface area contributed by atoms with E-state index >= 15 is 0 Å². The van der Waals surface area contributed by atoms with Crippen molar-refractivity contribution < 1.29 is 0 Å². The summed E-state index contributed by atoms with van der Waals surface area (Å²) < 4.78 is 2.19. The van der Waals surface area contributed by atoms with Gasteiger partial charge in [0.1, 0.15) is 12.4 Å². The summed E-state index contributed by atoms with van der Waals surface area (Å²) in [6.07, 6.45) is 8.95. The normalized spacial score (nSPS) is 11.0. The lowest BCUT2D eigenvalue weighted by atomic mass is 10.1. The van der Waals surface area contributed by atoms with Crippen molar-refractivity contribution in [3.05, 3.63) is 66.8 Å². The first-order valence-corrected chi connectivity index (χ1v) is 9.39. The predicted octanol–water partition coefficient (Wildman–Crippen LogP) is 4.11. The topological polar surface area (TPSA) is 45.5 Å². The number of aromatic nitrogens is 2. The molecule has 0 radical (unpaired) electrons. The fraction of sp³-hybridized carbons (Fsp3) is 0.429. The van der Waals surface area contributed by atoms with Gasteiger partial charge in [-0.2, -0.15) is 0 Å². The highest BCUT2D eigenvalue weighted by molar-refractivity contribution is 14.0. The molecule has 5 nitrogen and oxygen atoms in total. The first-order valence-electron chi connectivity index (χ1n) is 9.39. The molecule has 0 saturated heterocycles. The Morgan fingerprint density at radius 3 is 2.81 bits per heavy atom. The van der Waals surface area contributed by atoms with E-state index in [1.165, 1.54) is 5.56 Å². The number of benzene rings is 1. The van der Waals surface area contributed by atoms with Crippen LogP contribution in [-0.2, 0) is 19.5 Å². The van der Waals surface area contributed by atoms with E-state index in [1.54, 1.807) is 0 Å². The van der Waals surface area contributed by atoms with Crippen LogP contribution < -0.4 is 5.32 Å². The molecule has 1 aromatic carbocycles. The van der Waals surface area contributed by atoms with Crippen molar-refractivity contribution in [3.63, 3.8) is 0 Å². The van der Waals surface area contributed by atoms with Crippen LogP contribution in [0, 0.1) is 0 Å². The van der Waals surface area contributed by atoms with Gasteiger partial charge >= 0.3 is 0 Å². The Labute approximate surface area is 180 Å². The molecule has 1 N–H and O–H groups in total. The minimum atomic E-state index is 0. The lowest BCUT2D eigenvalue weighted by molar-refractivity contribution is 0.469. The summed E-state index contributed by atoms with van der Waals surface area (Å²) in [4.78, 5) is 11.4. The summed E-state index contributed by atoms with van der Waals surface area (Å²) in [6.45, 7) is 9.18. The lowest BCUT2D eigenvalue weighted by Gasteiger charge is -2.21. The fourth-order valence-corrected chi connectivity index (χ4v) is 2.78. The molecule has 27 heavy (non-hydrogen) atoms. The SMILES string of the molecule is C=CCCCN(C)C(=NCc1nccn1CCc1ccccc1)NCC.I. The molecule has 0 aliphatic carbocycles. The second kappa shape index (κ2) is 13.4. The number of imidazole rings is 1. The number of nitrogens with zero attached hydrogens (tertiary/aromatic N) is 4. The van der Waals surface area contributed by atoms with Gasteiger partial charge in [0.25, 0.3) is 0 Å². The Morgan fingerprint density at radius 2 is 2.11 bits per heavy atom. The van der Waals surface area contributed by atoms with E-state index in [4.69, 9.17) is 4.99 Å². The third-order valence-corrected chi connectivity index (χ3v) is 4.25. The van der Waals surface area contributed by atoms with Gasteiger partial charge in [0.15, 0.2) is 5.96 Å². The van der Waals surface area contributed by atoms with E-state index in [9.17, 15) is 0 Å². The van der Waals surface area contributed by atoms with Crippen molar-refractivity contribution in [3.8, 4) is 0 Å². The van der Waals surface area contributed by atoms with Gasteiger partial charge in [-0.25, -0.2) is 9.98 Å². The summed E-state index contributed by atoms with van der Waals surface area (Å²) >= 11 is 0. The van der Waals surface area contributed by atoms with E-state index < -0.39 is 0 Å². The molecule has 0 aliphatic heterocycles. The Morgan fingerprint density at radius 1 is 1.33 bits per heavy atom. The quantitative estimate of drug-likeness (QED) is 0.183. The highest BCUT2D eigenvalue weighted by Gasteiger charge is 2.07. The molecular formula is C21H32IN5. The molecule has 0 fully saturated rings. The zero-order chi connectivity index (χ0) is 18.6. The minimum absolute atomic E-state index is 0. The number of aryl methyl sites for hydroxylation is 2. The monoisotopic (exact) mass is 481 g/mol. The molecule has 2 rings (SSSR count). The molecule has 6 heteroatoms. The van der Waals surface area contributed by atoms with Crippen molar-refractivity contribution in [2.45, 2.75) is 39.3 Å². The maximum atomic E-state index is 4.77. The van der Waals surface area contributed by atoms with Crippen LogP contribution in [0.2, 0.25) is 0 Å². The van der Waals surface area contributed by atoms with Crippen LogP contribution in [0.5, 0.6) is 0 Å². The van der Waals surface area contributed by atoms with E-state index in [2.05, 4.69) is 70.6 Å². The molecule has 0 aliphatic rings. The number of unbranched alkanes of at least 4 members (excludes halogenated alkanes) is 1. The maximum Gasteiger partial charge on any atom is 0.194 e. The third-order valence-electron chi connectivity index (χ3n) is 4.25. The molecule has 2 aromatic rings. The van der Waals surface area contributed by atoms with Crippen LogP contribution in [-0.4, -0.2) is 40.5 Å². The molecule has 0 atom stereocenters. The molecule has 0 saturated carbocycles. The van der Waals surface area contributed by atoms with E-state index in [1.807, 2.05) is 18.5 Å². The van der Waals surface area contributed by atoms with Crippen LogP contribution >= 0.6 is 24.0 Å². The average molecular weight is 481 g/mol. The molecule has 1 heterocycles. The van der Waals surface area contributed by atoms with Gasteiger partial charge in [-0.15, -0.1) is 30.6 Å². The van der Waals surface area contributed by atoms with E-state index in [0.29, 0.717) is 6.54 Å². The molecule has 148 valence electrons. The number of halogens is 1. The Balaban J connectivity index is 0.00000364. The van der Waals surface area contributed by atoms with E-state index in [0.717, 1.165) is 50.7 Å². The Bertz CT molecular complexity index is 681. The van der Waals surface area contributed by atoms with Gasteiger partial charge in [-0.1, -0.05) is 36.4 Å². The fourth-order valence-electron chi connectivity index (χ4n) is 2.78. The molecule has 0 bridgehead atoms. The van der Waals surface area contributed by atoms with Gasteiger partial charge in [0, 0.05) is 39.1 Å². The summed E-state index contributed by atoms with van der Waals surface area (Å²) in [5, 5.41) is 3.36. The van der Waals surface area contributed by atoms with Crippen molar-refractivity contribution in [1.82, 2.24) is 19.8 Å². The predicted molar refractivity (Wildman–Crippen MR) is 125 cm³/mol. The van der Waals surface area contributed by atoms with Gasteiger partial charge in [-0.3, -0.25) is 0 Å². The first-order chi connectivity index (χ1) is 12.7. The van der Waals surface area contributed by atoms with E-state index in [-0.39, 0.29) is 24.0 Å². The van der Waals surface area contributed by atoms with Crippen LogP contribution in [0.1, 0.15) is 31.2 Å². The van der Waals surface area contributed by atoms with Crippen molar-refractivity contribution >= 4 is 29.9 Å². The molecule has 0 amide bonds. The third kappa shape index (κ3) is 8.15. The van der Waals surface area contributed by atoms with Crippen LogP contribution in [0.15, 0.2) is 60.4 Å². The Kier molecular flexibility index (Phi) is 11.5. The second-order valence-corrected chi connectivity index (χ2v) is 6.30. The summed E-state index contributed by atoms with van der Waals surface area (Å²) in [5.41, 5.74) is 1.34. The lowest BCUT2D eigenvalue weighted by Crippen LogP contribution is -2.39. The maximum absolute atomic E-state index is 4.77. The van der Waals surface area contributed by atoms with Gasteiger partial charge < -0.3 is 14.8 Å². The van der Waals surface area contributed by atoms with Crippen molar-refractivity contribution in [1.29, 1.82) is 0 Å². The zero-order valence-corrected chi connectivity index (χ0v) is 18.8. The van der Waals surface area contributed by atoms with Crippen LogP contribution in [0.3, 0.4) is 0 Å². The Hall–Kier alpha value is -1.83. The van der Waals surface area contributed by atoms with Gasteiger partial charge in [0.2, 0.25) is 0 Å². The number of aliphatic imine (C=N–C) groups is 1. The molecule has 0 spiro atoms. The zero-order valence-electron chi connectivity index (χ0n) is 16.5. The highest BCUT2D eigenvalue weighted by Crippen LogP contribution is 2.06. The average Bonchev–Trinajstić information content (AvgIpc) is 3.11. The number of hydrogen-bond donors (Lipinski definition) is 1. The van der Waals surface area contributed by atoms with Crippen LogP contribution in [0.4, 0.5) is 0 Å². The number of guanidine groups is 1. The van der Waals surface area contributed by atoms with Crippen molar-refractivity contribution in [2.75, 3.05) is 20.1 Å². The van der Waals surface area contributed by atoms with Gasteiger partial charge in [-0.05, 0) is 31.7 Å². The van der Waals surface area contributed by atoms with Crippen molar-refractivity contribution in [2.24, 2.45) is 4.99 Å². The molecule has 1 aromatic heterocycles. The minimum Gasteiger partial charge on any atom is -0.357 e. The number of hydrogen-bond acceptors (Lipinski definition) is 2. The first kappa shape index (κ1) is 23.2.